The van der Waals surface area contributed by atoms with Crippen LogP contribution >= 0.6 is 0 Å². The van der Waals surface area contributed by atoms with Gasteiger partial charge in [0.25, 0.3) is 5.91 Å². The lowest BCUT2D eigenvalue weighted by molar-refractivity contribution is -0.128. The molecule has 0 spiro atoms. The highest BCUT2D eigenvalue weighted by molar-refractivity contribution is 5.98. The predicted octanol–water partition coefficient (Wildman–Crippen LogP) is 2.29. The molecule has 1 heterocycles. The van der Waals surface area contributed by atoms with Crippen molar-refractivity contribution in [2.24, 2.45) is 0 Å². The number of hydrogen-bond donors (Lipinski definition) is 1. The van der Waals surface area contributed by atoms with Crippen molar-refractivity contribution >= 4 is 11.8 Å². The Morgan fingerprint density at radius 1 is 1.28 bits per heavy atom. The minimum atomic E-state index is -0.844. The van der Waals surface area contributed by atoms with E-state index in [2.05, 4.69) is 5.32 Å². The summed E-state index contributed by atoms with van der Waals surface area (Å²) in [7, 11) is 1.59. The average molecular weight is 342 g/mol. The molecule has 1 saturated heterocycles. The van der Waals surface area contributed by atoms with E-state index in [-0.39, 0.29) is 11.8 Å². The molecule has 2 aromatic carbocycles. The van der Waals surface area contributed by atoms with Crippen LogP contribution in [0, 0.1) is 5.82 Å². The second-order valence-electron chi connectivity index (χ2n) is 5.88. The van der Waals surface area contributed by atoms with Gasteiger partial charge in [0.05, 0.1) is 6.61 Å². The molecule has 2 aromatic rings. The second-order valence-corrected chi connectivity index (χ2v) is 5.88. The number of ether oxygens (including phenoxy) is 1. The molecule has 1 aliphatic rings. The number of carbonyl (C=O) groups excluding carboxylic acids is 2. The molecule has 6 heteroatoms. The van der Waals surface area contributed by atoms with Gasteiger partial charge >= 0.3 is 0 Å². The normalized spacial score (nSPS) is 17.3. The van der Waals surface area contributed by atoms with Gasteiger partial charge in [0.1, 0.15) is 11.9 Å². The lowest BCUT2D eigenvalue weighted by Gasteiger charge is -2.35. The molecule has 1 N–H and O–H groups in total. The van der Waals surface area contributed by atoms with Gasteiger partial charge in [-0.1, -0.05) is 24.3 Å². The largest absolute Gasteiger partial charge is 0.380 e. The lowest BCUT2D eigenvalue weighted by atomic mass is 10.0. The minimum absolute atomic E-state index is 0.262. The van der Waals surface area contributed by atoms with Gasteiger partial charge in [0.15, 0.2) is 0 Å². The van der Waals surface area contributed by atoms with Crippen molar-refractivity contribution in [1.29, 1.82) is 0 Å². The van der Waals surface area contributed by atoms with E-state index in [0.29, 0.717) is 30.8 Å². The number of nitrogens with zero attached hydrogens (tertiary/aromatic N) is 1. The highest BCUT2D eigenvalue weighted by Gasteiger charge is 2.35. The third-order valence-corrected chi connectivity index (χ3v) is 4.12. The molecule has 0 aromatic heterocycles. The predicted molar refractivity (Wildman–Crippen MR) is 90.3 cm³/mol. The van der Waals surface area contributed by atoms with Crippen LogP contribution in [0.2, 0.25) is 0 Å². The summed E-state index contributed by atoms with van der Waals surface area (Å²) in [6, 6.07) is 12.0. The Labute approximate surface area is 145 Å². The molecule has 25 heavy (non-hydrogen) atoms. The Morgan fingerprint density at radius 3 is 2.84 bits per heavy atom. The summed E-state index contributed by atoms with van der Waals surface area (Å²) in [5.41, 5.74) is 1.81. The number of piperazine rings is 1. The van der Waals surface area contributed by atoms with Crippen LogP contribution in [-0.4, -0.2) is 36.9 Å². The van der Waals surface area contributed by atoms with Crippen molar-refractivity contribution < 1.29 is 18.7 Å². The van der Waals surface area contributed by atoms with Crippen LogP contribution in [0.15, 0.2) is 48.5 Å². The minimum Gasteiger partial charge on any atom is -0.380 e. The molecular formula is C19H19FN2O3. The summed E-state index contributed by atoms with van der Waals surface area (Å²) in [4.78, 5) is 26.8. The third-order valence-electron chi connectivity index (χ3n) is 4.12. The van der Waals surface area contributed by atoms with E-state index in [9.17, 15) is 14.0 Å². The molecule has 0 radical (unpaired) electrons. The SMILES string of the molecule is COCc1cccc(C(=O)N2CCNC(=O)[C@@H]2c2cccc(F)c2)c1. The first-order chi connectivity index (χ1) is 12.1. The molecule has 1 fully saturated rings. The van der Waals surface area contributed by atoms with Gasteiger partial charge in [0.2, 0.25) is 5.91 Å². The Hall–Kier alpha value is -2.73. The first-order valence-electron chi connectivity index (χ1n) is 8.02. The molecule has 5 nitrogen and oxygen atoms in total. The first-order valence-corrected chi connectivity index (χ1v) is 8.02. The summed E-state index contributed by atoms with van der Waals surface area (Å²) in [5.74, 6) is -1.01. The number of nitrogens with one attached hydrogen (secondary N) is 1. The van der Waals surface area contributed by atoms with Gasteiger partial charge in [-0.15, -0.1) is 0 Å². The number of hydrogen-bond acceptors (Lipinski definition) is 3. The van der Waals surface area contributed by atoms with Gasteiger partial charge in [-0.2, -0.15) is 0 Å². The van der Waals surface area contributed by atoms with Crippen LogP contribution in [0.1, 0.15) is 27.5 Å². The van der Waals surface area contributed by atoms with Gasteiger partial charge < -0.3 is 15.0 Å². The van der Waals surface area contributed by atoms with E-state index in [1.54, 1.807) is 31.4 Å². The lowest BCUT2D eigenvalue weighted by Crippen LogP contribution is -2.52. The summed E-state index contributed by atoms with van der Waals surface area (Å²) >= 11 is 0. The maximum absolute atomic E-state index is 13.6. The molecule has 1 aliphatic heterocycles. The molecular weight excluding hydrogens is 323 g/mol. The Balaban J connectivity index is 1.93. The highest BCUT2D eigenvalue weighted by Crippen LogP contribution is 2.26. The van der Waals surface area contributed by atoms with Gasteiger partial charge in [-0.05, 0) is 35.4 Å². The van der Waals surface area contributed by atoms with Crippen molar-refractivity contribution in [1.82, 2.24) is 10.2 Å². The quantitative estimate of drug-likeness (QED) is 0.927. The fourth-order valence-electron chi connectivity index (χ4n) is 3.02. The van der Waals surface area contributed by atoms with E-state index in [1.165, 1.54) is 23.1 Å². The van der Waals surface area contributed by atoms with E-state index in [4.69, 9.17) is 4.74 Å². The zero-order chi connectivity index (χ0) is 17.8. The second kappa shape index (κ2) is 7.44. The van der Waals surface area contributed by atoms with Crippen molar-refractivity contribution in [3.8, 4) is 0 Å². The van der Waals surface area contributed by atoms with Gasteiger partial charge in [0, 0.05) is 25.8 Å². The first kappa shape index (κ1) is 17.1. The zero-order valence-corrected chi connectivity index (χ0v) is 13.9. The van der Waals surface area contributed by atoms with Crippen LogP contribution in [0.25, 0.3) is 0 Å². The fourth-order valence-corrected chi connectivity index (χ4v) is 3.02. The van der Waals surface area contributed by atoms with E-state index in [1.807, 2.05) is 6.07 Å². The zero-order valence-electron chi connectivity index (χ0n) is 13.9. The topological polar surface area (TPSA) is 58.6 Å². The number of rotatable bonds is 4. The van der Waals surface area contributed by atoms with Crippen LogP contribution in [0.4, 0.5) is 4.39 Å². The fraction of sp³-hybridized carbons (Fsp3) is 0.263. The molecule has 3 rings (SSSR count). The smallest absolute Gasteiger partial charge is 0.254 e. The van der Waals surface area contributed by atoms with Crippen LogP contribution in [0.5, 0.6) is 0 Å². The van der Waals surface area contributed by atoms with E-state index >= 15 is 0 Å². The maximum atomic E-state index is 13.6. The number of amides is 2. The molecule has 2 amide bonds. The molecule has 130 valence electrons. The summed E-state index contributed by atoms with van der Waals surface area (Å²) in [6.07, 6.45) is 0. The van der Waals surface area contributed by atoms with Crippen LogP contribution in [-0.2, 0) is 16.1 Å². The summed E-state index contributed by atoms with van der Waals surface area (Å²) in [6.45, 7) is 1.13. The monoisotopic (exact) mass is 342 g/mol. The van der Waals surface area contributed by atoms with Gasteiger partial charge in [-0.25, -0.2) is 4.39 Å². The standard InChI is InChI=1S/C19H19FN2O3/c1-25-12-13-4-2-6-15(10-13)19(24)22-9-8-21-18(23)17(22)14-5-3-7-16(20)11-14/h2-7,10-11,17H,8-9,12H2,1H3,(H,21,23)/t17-/m0/s1. The van der Waals surface area contributed by atoms with Crippen molar-refractivity contribution in [3.63, 3.8) is 0 Å². The van der Waals surface area contributed by atoms with Crippen molar-refractivity contribution in [2.75, 3.05) is 20.2 Å². The Kier molecular flexibility index (Phi) is 5.09. The molecule has 1 atom stereocenters. The maximum Gasteiger partial charge on any atom is 0.254 e. The average Bonchev–Trinajstić information content (AvgIpc) is 2.61. The van der Waals surface area contributed by atoms with Gasteiger partial charge in [-0.3, -0.25) is 9.59 Å². The van der Waals surface area contributed by atoms with E-state index in [0.717, 1.165) is 5.56 Å². The molecule has 0 aliphatic carbocycles. The number of carbonyl (C=O) groups is 2. The number of halogens is 1. The van der Waals surface area contributed by atoms with Crippen LogP contribution in [0.3, 0.4) is 0 Å². The number of methoxy groups -OCH3 is 1. The van der Waals surface area contributed by atoms with Crippen molar-refractivity contribution in [2.45, 2.75) is 12.6 Å². The number of benzene rings is 2. The third kappa shape index (κ3) is 3.69. The van der Waals surface area contributed by atoms with Crippen LogP contribution < -0.4 is 5.32 Å². The Bertz CT molecular complexity index is 794. The molecule has 0 saturated carbocycles. The molecule has 0 bridgehead atoms. The summed E-state index contributed by atoms with van der Waals surface area (Å²) in [5, 5.41) is 2.74. The van der Waals surface area contributed by atoms with Crippen molar-refractivity contribution in [3.05, 3.63) is 71.0 Å². The van der Waals surface area contributed by atoms with E-state index < -0.39 is 11.9 Å². The molecule has 0 unspecified atom stereocenters. The Morgan fingerprint density at radius 2 is 2.08 bits per heavy atom. The highest BCUT2D eigenvalue weighted by atomic mass is 19.1. The summed E-state index contributed by atoms with van der Waals surface area (Å²) < 4.78 is 18.7.